The average Bonchev–Trinajstić information content (AvgIpc) is 3.36. The fraction of sp³-hybridized carbons (Fsp3) is 0.591. The van der Waals surface area contributed by atoms with E-state index in [1.54, 1.807) is 9.25 Å². The van der Waals surface area contributed by atoms with Crippen molar-refractivity contribution < 1.29 is 4.79 Å². The van der Waals surface area contributed by atoms with Crippen LogP contribution in [0.5, 0.6) is 0 Å². The molecule has 0 spiro atoms. The molecule has 3 heterocycles. The van der Waals surface area contributed by atoms with Gasteiger partial charge in [-0.3, -0.25) is 9.36 Å². The molecule has 0 radical (unpaired) electrons. The van der Waals surface area contributed by atoms with Crippen molar-refractivity contribution in [1.29, 1.82) is 0 Å². The summed E-state index contributed by atoms with van der Waals surface area (Å²) in [5.74, 6) is 0.876. The number of likely N-dealkylation sites (tertiary alicyclic amines) is 1. The van der Waals surface area contributed by atoms with Crippen LogP contribution in [0.3, 0.4) is 0 Å². The Morgan fingerprint density at radius 2 is 1.79 bits per heavy atom. The van der Waals surface area contributed by atoms with Gasteiger partial charge in [0.2, 0.25) is 5.91 Å². The highest BCUT2D eigenvalue weighted by Gasteiger charge is 2.34. The Bertz CT molecular complexity index is 952. The summed E-state index contributed by atoms with van der Waals surface area (Å²) >= 11 is 0. The number of fused-ring (bicyclic) bond motifs is 2. The van der Waals surface area contributed by atoms with E-state index in [-0.39, 0.29) is 17.6 Å². The van der Waals surface area contributed by atoms with Gasteiger partial charge in [-0.05, 0) is 68.1 Å². The van der Waals surface area contributed by atoms with Gasteiger partial charge in [-0.25, -0.2) is 9.48 Å². The molecule has 0 N–H and O–H groups in total. The first-order valence-electron chi connectivity index (χ1n) is 10.8. The predicted molar refractivity (Wildman–Crippen MR) is 106 cm³/mol. The zero-order valence-electron chi connectivity index (χ0n) is 16.4. The third kappa shape index (κ3) is 3.09. The maximum Gasteiger partial charge on any atom is 0.346 e. The van der Waals surface area contributed by atoms with Crippen molar-refractivity contribution in [2.75, 3.05) is 13.1 Å². The molecule has 1 aromatic heterocycles. The molecule has 0 saturated carbocycles. The summed E-state index contributed by atoms with van der Waals surface area (Å²) < 4.78 is 3.25. The second kappa shape index (κ2) is 7.22. The van der Waals surface area contributed by atoms with Crippen LogP contribution in [0.2, 0.25) is 0 Å². The van der Waals surface area contributed by atoms with Crippen molar-refractivity contribution in [3.8, 4) is 0 Å². The molecule has 1 saturated heterocycles. The van der Waals surface area contributed by atoms with Crippen LogP contribution in [0.15, 0.2) is 23.0 Å². The third-order valence-electron chi connectivity index (χ3n) is 6.58. The SMILES string of the molecule is O=C([C@H]1CCCc2nn(Cc3ccc4c(c3)CCCC4)c(=O)n21)N1CCCC1. The molecule has 5 rings (SSSR count). The molecule has 0 bridgehead atoms. The van der Waals surface area contributed by atoms with Gasteiger partial charge in [-0.1, -0.05) is 18.2 Å². The van der Waals surface area contributed by atoms with E-state index >= 15 is 0 Å². The first-order chi connectivity index (χ1) is 13.7. The van der Waals surface area contributed by atoms with E-state index in [4.69, 9.17) is 0 Å². The lowest BCUT2D eigenvalue weighted by molar-refractivity contribution is -0.134. The maximum absolute atomic E-state index is 13.1. The fourth-order valence-corrected chi connectivity index (χ4v) is 5.07. The third-order valence-corrected chi connectivity index (χ3v) is 6.58. The second-order valence-corrected chi connectivity index (χ2v) is 8.48. The summed E-state index contributed by atoms with van der Waals surface area (Å²) in [6, 6.07) is 6.21. The smallest absolute Gasteiger partial charge is 0.341 e. The Morgan fingerprint density at radius 1 is 1.00 bits per heavy atom. The van der Waals surface area contributed by atoms with Crippen molar-refractivity contribution in [2.45, 2.75) is 70.4 Å². The Morgan fingerprint density at radius 3 is 2.61 bits per heavy atom. The van der Waals surface area contributed by atoms with E-state index in [1.165, 1.54) is 24.0 Å². The number of aryl methyl sites for hydroxylation is 3. The molecule has 6 nitrogen and oxygen atoms in total. The topological polar surface area (TPSA) is 60.1 Å². The van der Waals surface area contributed by atoms with E-state index in [0.717, 1.165) is 69.4 Å². The first kappa shape index (κ1) is 17.7. The minimum Gasteiger partial charge on any atom is -0.341 e. The molecule has 2 aliphatic heterocycles. The summed E-state index contributed by atoms with van der Waals surface area (Å²) in [7, 11) is 0. The number of hydrogen-bond acceptors (Lipinski definition) is 3. The molecule has 0 unspecified atom stereocenters. The van der Waals surface area contributed by atoms with Crippen LogP contribution < -0.4 is 5.69 Å². The molecule has 1 fully saturated rings. The van der Waals surface area contributed by atoms with E-state index < -0.39 is 0 Å². The van der Waals surface area contributed by atoms with Crippen molar-refractivity contribution in [1.82, 2.24) is 19.2 Å². The van der Waals surface area contributed by atoms with Crippen molar-refractivity contribution >= 4 is 5.91 Å². The molecule has 1 aliphatic carbocycles. The number of hydrogen-bond donors (Lipinski definition) is 0. The van der Waals surface area contributed by atoms with Crippen LogP contribution in [0.4, 0.5) is 0 Å². The number of nitrogens with zero attached hydrogens (tertiary/aromatic N) is 4. The monoisotopic (exact) mass is 380 g/mol. The molecule has 148 valence electrons. The Hall–Kier alpha value is -2.37. The summed E-state index contributed by atoms with van der Waals surface area (Å²) in [5, 5.41) is 4.61. The Balaban J connectivity index is 1.43. The van der Waals surface area contributed by atoms with Crippen LogP contribution in [0.25, 0.3) is 0 Å². The first-order valence-corrected chi connectivity index (χ1v) is 10.8. The quantitative estimate of drug-likeness (QED) is 0.822. The molecular weight excluding hydrogens is 352 g/mol. The van der Waals surface area contributed by atoms with Crippen molar-refractivity contribution in [3.05, 3.63) is 51.2 Å². The van der Waals surface area contributed by atoms with E-state index in [0.29, 0.717) is 6.54 Å². The molecule has 1 aromatic carbocycles. The molecule has 6 heteroatoms. The summed E-state index contributed by atoms with van der Waals surface area (Å²) in [5.41, 5.74) is 3.86. The van der Waals surface area contributed by atoms with Gasteiger partial charge in [-0.2, -0.15) is 5.10 Å². The van der Waals surface area contributed by atoms with Gasteiger partial charge in [0, 0.05) is 19.5 Å². The largest absolute Gasteiger partial charge is 0.346 e. The van der Waals surface area contributed by atoms with Gasteiger partial charge in [0.15, 0.2) is 0 Å². The Kier molecular flexibility index (Phi) is 4.57. The van der Waals surface area contributed by atoms with Gasteiger partial charge in [0.25, 0.3) is 0 Å². The minimum atomic E-state index is -0.369. The number of benzene rings is 1. The number of carbonyl (C=O) groups excluding carboxylic acids is 1. The van der Waals surface area contributed by atoms with Crippen LogP contribution in [-0.4, -0.2) is 38.2 Å². The maximum atomic E-state index is 13.1. The van der Waals surface area contributed by atoms with E-state index in [1.807, 2.05) is 4.90 Å². The lowest BCUT2D eigenvalue weighted by Crippen LogP contribution is -2.41. The summed E-state index contributed by atoms with van der Waals surface area (Å²) in [6.07, 6.45) is 9.37. The highest BCUT2D eigenvalue weighted by atomic mass is 16.2. The lowest BCUT2D eigenvalue weighted by Gasteiger charge is -2.27. The molecular formula is C22H28N4O2. The van der Waals surface area contributed by atoms with Gasteiger partial charge >= 0.3 is 5.69 Å². The number of rotatable bonds is 3. The van der Waals surface area contributed by atoms with Crippen LogP contribution in [0.1, 0.15) is 67.1 Å². The Labute approximate surface area is 165 Å². The molecule has 3 aliphatic rings. The number of carbonyl (C=O) groups is 1. The predicted octanol–water partition coefficient (Wildman–Crippen LogP) is 2.47. The van der Waals surface area contributed by atoms with Crippen molar-refractivity contribution in [3.63, 3.8) is 0 Å². The fourth-order valence-electron chi connectivity index (χ4n) is 5.07. The minimum absolute atomic E-state index is 0.105. The van der Waals surface area contributed by atoms with E-state index in [2.05, 4.69) is 23.3 Å². The van der Waals surface area contributed by atoms with E-state index in [9.17, 15) is 9.59 Å². The van der Waals surface area contributed by atoms with Gasteiger partial charge in [0.1, 0.15) is 11.9 Å². The second-order valence-electron chi connectivity index (χ2n) is 8.48. The number of aromatic nitrogens is 3. The zero-order valence-corrected chi connectivity index (χ0v) is 16.4. The summed E-state index contributed by atoms with van der Waals surface area (Å²) in [6.45, 7) is 2.13. The number of amides is 1. The van der Waals surface area contributed by atoms with Gasteiger partial charge < -0.3 is 4.90 Å². The highest BCUT2D eigenvalue weighted by molar-refractivity contribution is 5.80. The van der Waals surface area contributed by atoms with Gasteiger partial charge in [-0.15, -0.1) is 0 Å². The average molecular weight is 380 g/mol. The molecule has 1 atom stereocenters. The van der Waals surface area contributed by atoms with Crippen LogP contribution >= 0.6 is 0 Å². The highest BCUT2D eigenvalue weighted by Crippen LogP contribution is 2.26. The zero-order chi connectivity index (χ0) is 19.1. The van der Waals surface area contributed by atoms with Crippen LogP contribution in [-0.2, 0) is 30.6 Å². The molecule has 28 heavy (non-hydrogen) atoms. The molecule has 2 aromatic rings. The van der Waals surface area contributed by atoms with Gasteiger partial charge in [0.05, 0.1) is 6.54 Å². The molecule has 1 amide bonds. The normalized spacial score (nSPS) is 21.4. The standard InChI is InChI=1S/C22H28N4O2/c27-21(24-12-3-4-13-24)19-8-5-9-20-23-25(22(28)26(19)20)15-16-10-11-17-6-1-2-7-18(17)14-16/h10-11,14,19H,1-9,12-13,15H2/t19-/m1/s1. The lowest BCUT2D eigenvalue weighted by atomic mass is 9.90. The summed E-state index contributed by atoms with van der Waals surface area (Å²) in [4.78, 5) is 28.0. The van der Waals surface area contributed by atoms with Crippen molar-refractivity contribution in [2.24, 2.45) is 0 Å². The van der Waals surface area contributed by atoms with Crippen LogP contribution in [0, 0.1) is 0 Å².